The number of nitrogens with zero attached hydrogens (tertiary/aromatic N) is 3. The summed E-state index contributed by atoms with van der Waals surface area (Å²) in [5, 5.41) is 11.3. The lowest BCUT2D eigenvalue weighted by Gasteiger charge is -2.26. The Morgan fingerprint density at radius 1 is 0.919 bits per heavy atom. The summed E-state index contributed by atoms with van der Waals surface area (Å²) in [6.45, 7) is 7.52. The average molecular weight is 516 g/mol. The van der Waals surface area contributed by atoms with Crippen LogP contribution in [-0.4, -0.2) is 39.2 Å². The molecule has 7 nitrogen and oxygen atoms in total. The maximum atomic E-state index is 13.4. The first-order valence-electron chi connectivity index (χ1n) is 12.1. The lowest BCUT2D eigenvalue weighted by atomic mass is 10.1. The summed E-state index contributed by atoms with van der Waals surface area (Å²) >= 11 is 5.95. The van der Waals surface area contributed by atoms with E-state index in [1.165, 1.54) is 4.90 Å². The van der Waals surface area contributed by atoms with Crippen molar-refractivity contribution in [1.29, 1.82) is 0 Å². The van der Waals surface area contributed by atoms with Crippen LogP contribution in [0.4, 0.5) is 16.3 Å². The Balaban J connectivity index is 1.64. The summed E-state index contributed by atoms with van der Waals surface area (Å²) in [7, 11) is 0. The second kappa shape index (κ2) is 11.3. The highest BCUT2D eigenvalue weighted by molar-refractivity contribution is 6.30. The van der Waals surface area contributed by atoms with E-state index >= 15 is 0 Å². The first kappa shape index (κ1) is 26.0. The van der Waals surface area contributed by atoms with Gasteiger partial charge in [0.05, 0.1) is 11.4 Å². The molecule has 8 heteroatoms. The number of rotatable bonds is 7. The topological polar surface area (TPSA) is 79.3 Å². The summed E-state index contributed by atoms with van der Waals surface area (Å²) in [6, 6.07) is 23.9. The van der Waals surface area contributed by atoms with Crippen LogP contribution in [0.15, 0.2) is 78.9 Å². The smallest absolute Gasteiger partial charge is 0.313 e. The Morgan fingerprint density at radius 2 is 1.57 bits per heavy atom. The third-order valence-electron chi connectivity index (χ3n) is 6.02. The van der Waals surface area contributed by atoms with Crippen molar-refractivity contribution in [2.24, 2.45) is 0 Å². The Kier molecular flexibility index (Phi) is 7.94. The van der Waals surface area contributed by atoms with Crippen molar-refractivity contribution in [3.05, 3.63) is 95.1 Å². The van der Waals surface area contributed by atoms with Gasteiger partial charge in [-0.3, -0.25) is 4.79 Å². The minimum Gasteiger partial charge on any atom is -0.313 e. The van der Waals surface area contributed by atoms with Gasteiger partial charge in [0, 0.05) is 22.3 Å². The molecule has 1 heterocycles. The standard InChI is InChI=1S/C29H30ClN5O2/c1-19(2)34(29(37)31-24-16-14-23(30)15-17-24)18-26(36)32-28-27(22-11-6-5-7-12-22)21(4)33-35(28)25-13-9-8-10-20(25)3/h5-17,19H,18H2,1-4H3,(H,31,37)(H,32,36). The fourth-order valence-electron chi connectivity index (χ4n) is 4.11. The van der Waals surface area contributed by atoms with Crippen LogP contribution in [0.1, 0.15) is 25.1 Å². The molecule has 3 aromatic carbocycles. The zero-order valence-corrected chi connectivity index (χ0v) is 22.1. The molecular weight excluding hydrogens is 486 g/mol. The van der Waals surface area contributed by atoms with Crippen LogP contribution in [0.3, 0.4) is 0 Å². The quantitative estimate of drug-likeness (QED) is 0.288. The van der Waals surface area contributed by atoms with E-state index in [1.807, 2.05) is 82.3 Å². The average Bonchev–Trinajstić information content (AvgIpc) is 3.19. The SMILES string of the molecule is Cc1ccccc1-n1nc(C)c(-c2ccccc2)c1NC(=O)CN(C(=O)Nc1ccc(Cl)cc1)C(C)C. The highest BCUT2D eigenvalue weighted by Crippen LogP contribution is 2.34. The molecule has 0 aliphatic heterocycles. The maximum absolute atomic E-state index is 13.4. The minimum atomic E-state index is -0.376. The molecule has 0 saturated carbocycles. The van der Waals surface area contributed by atoms with Crippen molar-refractivity contribution in [2.75, 3.05) is 17.2 Å². The van der Waals surface area contributed by atoms with Crippen molar-refractivity contribution in [1.82, 2.24) is 14.7 Å². The number of amides is 3. The van der Waals surface area contributed by atoms with Gasteiger partial charge in [-0.05, 0) is 69.2 Å². The molecule has 3 amide bonds. The van der Waals surface area contributed by atoms with Crippen molar-refractivity contribution in [2.45, 2.75) is 33.7 Å². The number of anilines is 2. The lowest BCUT2D eigenvalue weighted by molar-refractivity contribution is -0.117. The summed E-state index contributed by atoms with van der Waals surface area (Å²) in [5.41, 5.74) is 5.04. The molecule has 4 rings (SSSR count). The Morgan fingerprint density at radius 3 is 2.22 bits per heavy atom. The van der Waals surface area contributed by atoms with Crippen molar-refractivity contribution < 1.29 is 9.59 Å². The fourth-order valence-corrected chi connectivity index (χ4v) is 4.24. The predicted octanol–water partition coefficient (Wildman–Crippen LogP) is 6.69. The van der Waals surface area contributed by atoms with Gasteiger partial charge in [-0.1, -0.05) is 60.1 Å². The molecule has 0 spiro atoms. The number of para-hydroxylation sites is 1. The number of benzene rings is 3. The second-order valence-corrected chi connectivity index (χ2v) is 9.52. The summed E-state index contributed by atoms with van der Waals surface area (Å²) in [5.74, 6) is 0.233. The first-order valence-corrected chi connectivity index (χ1v) is 12.5. The summed E-state index contributed by atoms with van der Waals surface area (Å²) in [6.07, 6.45) is 0. The van der Waals surface area contributed by atoms with Crippen molar-refractivity contribution in [3.8, 4) is 16.8 Å². The number of carbonyl (C=O) groups excluding carboxylic acids is 2. The number of carbonyl (C=O) groups is 2. The number of halogens is 1. The molecule has 0 aliphatic carbocycles. The number of urea groups is 1. The summed E-state index contributed by atoms with van der Waals surface area (Å²) < 4.78 is 1.76. The van der Waals surface area contributed by atoms with E-state index in [0.717, 1.165) is 28.1 Å². The lowest BCUT2D eigenvalue weighted by Crippen LogP contribution is -2.44. The molecule has 0 aliphatic rings. The number of hydrogen-bond donors (Lipinski definition) is 2. The van der Waals surface area contributed by atoms with Crippen LogP contribution < -0.4 is 10.6 Å². The molecule has 190 valence electrons. The summed E-state index contributed by atoms with van der Waals surface area (Å²) in [4.78, 5) is 27.9. The number of hydrogen-bond acceptors (Lipinski definition) is 3. The molecular formula is C29H30ClN5O2. The van der Waals surface area contributed by atoms with E-state index in [9.17, 15) is 9.59 Å². The monoisotopic (exact) mass is 515 g/mol. The second-order valence-electron chi connectivity index (χ2n) is 9.08. The minimum absolute atomic E-state index is 0.136. The van der Waals surface area contributed by atoms with E-state index < -0.39 is 0 Å². The Hall–Kier alpha value is -4.10. The molecule has 0 radical (unpaired) electrons. The van der Waals surface area contributed by atoms with E-state index in [0.29, 0.717) is 16.5 Å². The van der Waals surface area contributed by atoms with E-state index in [4.69, 9.17) is 16.7 Å². The van der Waals surface area contributed by atoms with Crippen molar-refractivity contribution >= 4 is 35.0 Å². The predicted molar refractivity (Wildman–Crippen MR) is 149 cm³/mol. The molecule has 0 bridgehead atoms. The van der Waals surface area contributed by atoms with Gasteiger partial charge in [-0.25, -0.2) is 9.48 Å². The van der Waals surface area contributed by atoms with Gasteiger partial charge < -0.3 is 15.5 Å². The molecule has 1 aromatic heterocycles. The number of aromatic nitrogens is 2. The van der Waals surface area contributed by atoms with Crippen LogP contribution in [-0.2, 0) is 4.79 Å². The molecule has 2 N–H and O–H groups in total. The van der Waals surface area contributed by atoms with E-state index in [1.54, 1.807) is 28.9 Å². The highest BCUT2D eigenvalue weighted by atomic mass is 35.5. The first-order chi connectivity index (χ1) is 17.7. The highest BCUT2D eigenvalue weighted by Gasteiger charge is 2.24. The van der Waals surface area contributed by atoms with Crippen LogP contribution in [0.5, 0.6) is 0 Å². The normalized spacial score (nSPS) is 10.9. The largest absolute Gasteiger partial charge is 0.322 e. The third kappa shape index (κ3) is 6.01. The van der Waals surface area contributed by atoms with Gasteiger partial charge in [-0.2, -0.15) is 5.10 Å². The molecule has 37 heavy (non-hydrogen) atoms. The van der Waals surface area contributed by atoms with Gasteiger partial charge in [0.2, 0.25) is 5.91 Å². The van der Waals surface area contributed by atoms with Crippen LogP contribution >= 0.6 is 11.6 Å². The van der Waals surface area contributed by atoms with Gasteiger partial charge >= 0.3 is 6.03 Å². The Bertz CT molecular complexity index is 1400. The van der Waals surface area contributed by atoms with Crippen LogP contribution in [0.25, 0.3) is 16.8 Å². The fraction of sp³-hybridized carbons (Fsp3) is 0.207. The zero-order chi connectivity index (χ0) is 26.5. The molecule has 0 atom stereocenters. The van der Waals surface area contributed by atoms with E-state index in [-0.39, 0.29) is 24.5 Å². The number of aryl methyl sites for hydroxylation is 2. The third-order valence-corrected chi connectivity index (χ3v) is 6.27. The molecule has 0 unspecified atom stereocenters. The maximum Gasteiger partial charge on any atom is 0.322 e. The molecule has 0 fully saturated rings. The molecule has 0 saturated heterocycles. The zero-order valence-electron chi connectivity index (χ0n) is 21.3. The Labute approximate surface area is 222 Å². The van der Waals surface area contributed by atoms with Crippen molar-refractivity contribution in [3.63, 3.8) is 0 Å². The number of nitrogens with one attached hydrogen (secondary N) is 2. The van der Waals surface area contributed by atoms with Gasteiger partial charge in [0.1, 0.15) is 12.4 Å². The molecule has 4 aromatic rings. The van der Waals surface area contributed by atoms with Gasteiger partial charge in [-0.15, -0.1) is 0 Å². The van der Waals surface area contributed by atoms with Gasteiger partial charge in [0.25, 0.3) is 0 Å². The van der Waals surface area contributed by atoms with E-state index in [2.05, 4.69) is 10.6 Å². The van der Waals surface area contributed by atoms with Crippen LogP contribution in [0, 0.1) is 13.8 Å². The van der Waals surface area contributed by atoms with Crippen LogP contribution in [0.2, 0.25) is 5.02 Å². The van der Waals surface area contributed by atoms with Gasteiger partial charge in [0.15, 0.2) is 0 Å².